The number of fused-ring (bicyclic) bond motifs is 2. The number of nitro benzene ring substituents is 1. The number of ether oxygens (including phenoxy) is 1. The Morgan fingerprint density at radius 3 is 2.48 bits per heavy atom. The number of Topliss-reactive ketones (excluding diaryl/α,β-unsaturated/α-hetero) is 1. The predicted octanol–water partition coefficient (Wildman–Crippen LogP) is 3.94. The molecule has 2 atom stereocenters. The minimum atomic E-state index is -0.909. The average molecular weight is 390 g/mol. The van der Waals surface area contributed by atoms with Crippen LogP contribution >= 0.6 is 0 Å². The van der Waals surface area contributed by atoms with E-state index in [4.69, 9.17) is 4.74 Å². The Morgan fingerprint density at radius 2 is 1.79 bits per heavy atom. The highest BCUT2D eigenvalue weighted by Gasteiger charge is 2.47. The third-order valence-electron chi connectivity index (χ3n) is 5.32. The van der Waals surface area contributed by atoms with Gasteiger partial charge in [-0.15, -0.1) is 0 Å². The Labute approximate surface area is 166 Å². The number of aliphatic imine (C=N–C) groups is 1. The van der Waals surface area contributed by atoms with Gasteiger partial charge in [0.15, 0.2) is 5.78 Å². The van der Waals surface area contributed by atoms with Crippen molar-refractivity contribution in [1.82, 2.24) is 0 Å². The molecule has 2 aliphatic rings. The molecule has 0 saturated heterocycles. The van der Waals surface area contributed by atoms with E-state index in [0.717, 1.165) is 0 Å². The van der Waals surface area contributed by atoms with Crippen LogP contribution in [0.1, 0.15) is 41.3 Å². The Bertz CT molecular complexity index is 1120. The molecule has 0 spiro atoms. The highest BCUT2D eigenvalue weighted by molar-refractivity contribution is 6.24. The van der Waals surface area contributed by atoms with Crippen LogP contribution in [-0.4, -0.2) is 29.0 Å². The molecule has 2 aromatic rings. The lowest BCUT2D eigenvalue weighted by atomic mass is 9.74. The first-order valence-electron chi connectivity index (χ1n) is 9.29. The SMILES string of the molecule is CCOC(=O)C1C(C)=NC2=C(C(=O)c3ccccc32)[C@@H]1c1ccccc1[N+](=O)[O-]. The molecule has 0 bridgehead atoms. The molecule has 7 heteroatoms. The van der Waals surface area contributed by atoms with E-state index in [2.05, 4.69) is 4.99 Å². The molecular weight excluding hydrogens is 372 g/mol. The minimum absolute atomic E-state index is 0.142. The zero-order valence-electron chi connectivity index (χ0n) is 15.9. The van der Waals surface area contributed by atoms with Gasteiger partial charge in [0.1, 0.15) is 5.92 Å². The van der Waals surface area contributed by atoms with E-state index in [0.29, 0.717) is 33.7 Å². The maximum atomic E-state index is 13.3. The summed E-state index contributed by atoms with van der Waals surface area (Å²) in [7, 11) is 0. The standard InChI is InChI=1S/C22H18N2O5/c1-3-29-22(26)17-12(2)23-20-13-8-4-5-9-14(13)21(25)19(20)18(17)15-10-6-7-11-16(15)24(27)28/h4-11,17-18H,3H2,1-2H3/t17?,18-/m1/s1. The summed E-state index contributed by atoms with van der Waals surface area (Å²) >= 11 is 0. The summed E-state index contributed by atoms with van der Waals surface area (Å²) < 4.78 is 5.24. The van der Waals surface area contributed by atoms with Crippen LogP contribution in [0.4, 0.5) is 5.69 Å². The zero-order chi connectivity index (χ0) is 20.7. The lowest BCUT2D eigenvalue weighted by Crippen LogP contribution is -2.35. The van der Waals surface area contributed by atoms with E-state index in [-0.39, 0.29) is 18.1 Å². The van der Waals surface area contributed by atoms with E-state index in [9.17, 15) is 19.7 Å². The number of para-hydroxylation sites is 1. The van der Waals surface area contributed by atoms with Gasteiger partial charge in [0.25, 0.3) is 5.69 Å². The van der Waals surface area contributed by atoms with Gasteiger partial charge in [-0.25, -0.2) is 0 Å². The van der Waals surface area contributed by atoms with Gasteiger partial charge in [-0.1, -0.05) is 42.5 Å². The van der Waals surface area contributed by atoms with E-state index < -0.39 is 22.7 Å². The maximum Gasteiger partial charge on any atom is 0.315 e. The normalized spacial score (nSPS) is 20.1. The molecule has 4 rings (SSSR count). The predicted molar refractivity (Wildman–Crippen MR) is 107 cm³/mol. The summed E-state index contributed by atoms with van der Waals surface area (Å²) in [6.07, 6.45) is 0. The van der Waals surface area contributed by atoms with E-state index >= 15 is 0 Å². The number of hydrogen-bond donors (Lipinski definition) is 0. The number of carbonyl (C=O) groups excluding carboxylic acids is 2. The fraction of sp³-hybridized carbons (Fsp3) is 0.227. The summed E-state index contributed by atoms with van der Waals surface area (Å²) in [5, 5.41) is 11.7. The van der Waals surface area contributed by atoms with Crippen molar-refractivity contribution in [3.63, 3.8) is 0 Å². The molecule has 0 fully saturated rings. The zero-order valence-corrected chi connectivity index (χ0v) is 15.9. The number of esters is 1. The molecular formula is C22H18N2O5. The molecule has 0 N–H and O–H groups in total. The van der Waals surface area contributed by atoms with Crippen LogP contribution in [0.5, 0.6) is 0 Å². The molecule has 2 aromatic carbocycles. The van der Waals surface area contributed by atoms with E-state index in [1.165, 1.54) is 6.07 Å². The smallest absolute Gasteiger partial charge is 0.315 e. The van der Waals surface area contributed by atoms with Gasteiger partial charge in [0, 0.05) is 40.0 Å². The largest absolute Gasteiger partial charge is 0.465 e. The number of rotatable bonds is 4. The number of nitro groups is 1. The number of allylic oxidation sites excluding steroid dienone is 1. The first-order chi connectivity index (χ1) is 14.0. The van der Waals surface area contributed by atoms with E-state index in [1.54, 1.807) is 50.2 Å². The van der Waals surface area contributed by atoms with Crippen LogP contribution in [-0.2, 0) is 9.53 Å². The highest BCUT2D eigenvalue weighted by atomic mass is 16.6. The summed E-state index contributed by atoms with van der Waals surface area (Å²) in [5.41, 5.74) is 2.58. The Hall–Kier alpha value is -3.61. The molecule has 0 aromatic heterocycles. The molecule has 7 nitrogen and oxygen atoms in total. The second kappa shape index (κ2) is 7.09. The molecule has 1 aliphatic carbocycles. The van der Waals surface area contributed by atoms with Gasteiger partial charge >= 0.3 is 5.97 Å². The van der Waals surface area contributed by atoms with E-state index in [1.807, 2.05) is 6.07 Å². The number of benzene rings is 2. The summed E-state index contributed by atoms with van der Waals surface area (Å²) in [6, 6.07) is 13.3. The fourth-order valence-corrected chi connectivity index (χ4v) is 4.14. The lowest BCUT2D eigenvalue weighted by molar-refractivity contribution is -0.385. The summed E-state index contributed by atoms with van der Waals surface area (Å²) in [4.78, 5) is 41.9. The number of nitrogens with zero attached hydrogens (tertiary/aromatic N) is 2. The van der Waals surface area contributed by atoms with Crippen LogP contribution in [0.25, 0.3) is 5.70 Å². The molecule has 0 amide bonds. The quantitative estimate of drug-likeness (QED) is 0.447. The fourth-order valence-electron chi connectivity index (χ4n) is 4.14. The van der Waals surface area contributed by atoms with Crippen LogP contribution in [0.3, 0.4) is 0 Å². The Kier molecular flexibility index (Phi) is 4.58. The van der Waals surface area contributed by atoms with Crippen molar-refractivity contribution in [2.24, 2.45) is 10.9 Å². The van der Waals surface area contributed by atoms with Crippen LogP contribution < -0.4 is 0 Å². The topological polar surface area (TPSA) is 98.9 Å². The van der Waals surface area contributed by atoms with Crippen molar-refractivity contribution >= 4 is 28.8 Å². The third-order valence-corrected chi connectivity index (χ3v) is 5.32. The molecule has 0 radical (unpaired) electrons. The van der Waals surface area contributed by atoms with Crippen molar-refractivity contribution in [3.05, 3.63) is 80.9 Å². The second-order valence-electron chi connectivity index (χ2n) is 6.91. The lowest BCUT2D eigenvalue weighted by Gasteiger charge is -2.30. The second-order valence-corrected chi connectivity index (χ2v) is 6.91. The van der Waals surface area contributed by atoms with Crippen LogP contribution in [0.2, 0.25) is 0 Å². The van der Waals surface area contributed by atoms with Crippen molar-refractivity contribution in [3.8, 4) is 0 Å². The van der Waals surface area contributed by atoms with Gasteiger partial charge in [0.2, 0.25) is 0 Å². The first-order valence-corrected chi connectivity index (χ1v) is 9.29. The monoisotopic (exact) mass is 390 g/mol. The van der Waals surface area contributed by atoms with Crippen molar-refractivity contribution in [1.29, 1.82) is 0 Å². The van der Waals surface area contributed by atoms with Gasteiger partial charge in [-0.05, 0) is 13.8 Å². The number of hydrogen-bond acceptors (Lipinski definition) is 6. The third kappa shape index (κ3) is 2.86. The molecule has 29 heavy (non-hydrogen) atoms. The molecule has 1 unspecified atom stereocenters. The average Bonchev–Trinajstić information content (AvgIpc) is 2.99. The van der Waals surface area contributed by atoms with Crippen molar-refractivity contribution < 1.29 is 19.2 Å². The first kappa shape index (κ1) is 18.7. The van der Waals surface area contributed by atoms with Gasteiger partial charge in [0.05, 0.1) is 17.2 Å². The maximum absolute atomic E-state index is 13.3. The van der Waals surface area contributed by atoms with Crippen LogP contribution in [0.15, 0.2) is 59.1 Å². The number of ketones is 1. The van der Waals surface area contributed by atoms with Crippen molar-refractivity contribution in [2.45, 2.75) is 19.8 Å². The minimum Gasteiger partial charge on any atom is -0.465 e. The highest BCUT2D eigenvalue weighted by Crippen LogP contribution is 2.49. The molecule has 146 valence electrons. The summed E-state index contributed by atoms with van der Waals surface area (Å²) in [5.74, 6) is -2.56. The van der Waals surface area contributed by atoms with Gasteiger partial charge < -0.3 is 4.74 Å². The van der Waals surface area contributed by atoms with Gasteiger partial charge in [-0.2, -0.15) is 0 Å². The molecule has 1 heterocycles. The Balaban J connectivity index is 1.99. The van der Waals surface area contributed by atoms with Crippen molar-refractivity contribution in [2.75, 3.05) is 6.61 Å². The summed E-state index contributed by atoms with van der Waals surface area (Å²) in [6.45, 7) is 3.54. The Morgan fingerprint density at radius 1 is 1.14 bits per heavy atom. The molecule has 0 saturated carbocycles. The molecule has 1 aliphatic heterocycles. The van der Waals surface area contributed by atoms with Gasteiger partial charge in [-0.3, -0.25) is 24.7 Å². The van der Waals surface area contributed by atoms with Crippen LogP contribution in [0, 0.1) is 16.0 Å². The number of carbonyl (C=O) groups is 2.